The van der Waals surface area contributed by atoms with E-state index in [-0.39, 0.29) is 11.6 Å². The Morgan fingerprint density at radius 2 is 2.07 bits per heavy atom. The Hall–Kier alpha value is -2.24. The Kier molecular flexibility index (Phi) is 4.98. The number of piperidine rings is 1. The molecule has 1 saturated heterocycles. The van der Waals surface area contributed by atoms with Crippen LogP contribution in [-0.2, 0) is 0 Å². The van der Waals surface area contributed by atoms with E-state index in [0.717, 1.165) is 18.5 Å². The lowest BCUT2D eigenvalue weighted by molar-refractivity contribution is 0.131. The number of halogens is 1. The predicted molar refractivity (Wildman–Crippen MR) is 109 cm³/mol. The minimum absolute atomic E-state index is 0.0228. The first-order chi connectivity index (χ1) is 13.1. The lowest BCUT2D eigenvalue weighted by Gasteiger charge is -2.36. The SMILES string of the molecule is CC(C1CCCCN1C)n1nc(-c2cccc(Cl)c2)c2ncccc2c1=O. The molecule has 2 unspecified atom stereocenters. The molecule has 0 aliphatic carbocycles. The molecule has 0 spiro atoms. The number of benzene rings is 1. The van der Waals surface area contributed by atoms with Crippen molar-refractivity contribution in [2.45, 2.75) is 38.3 Å². The molecule has 0 amide bonds. The standard InChI is InChI=1S/C21H23ClN4O/c1-14(18-10-3-4-12-25(18)2)26-21(27)17-9-6-11-23-20(17)19(24-26)15-7-5-8-16(22)13-15/h5-9,11,13-14,18H,3-4,10,12H2,1-2H3. The highest BCUT2D eigenvalue weighted by molar-refractivity contribution is 6.30. The molecule has 0 radical (unpaired) electrons. The van der Waals surface area contributed by atoms with Crippen molar-refractivity contribution in [1.29, 1.82) is 0 Å². The number of rotatable bonds is 3. The maximum absolute atomic E-state index is 13.2. The zero-order valence-corrected chi connectivity index (χ0v) is 16.4. The molecule has 3 heterocycles. The molecule has 0 saturated carbocycles. The van der Waals surface area contributed by atoms with Crippen LogP contribution >= 0.6 is 11.6 Å². The van der Waals surface area contributed by atoms with Crippen molar-refractivity contribution in [3.63, 3.8) is 0 Å². The molecule has 4 rings (SSSR count). The number of hydrogen-bond donors (Lipinski definition) is 0. The molecule has 6 heteroatoms. The normalized spacial score (nSPS) is 19.3. The summed E-state index contributed by atoms with van der Waals surface area (Å²) in [4.78, 5) is 20.0. The van der Waals surface area contributed by atoms with Gasteiger partial charge in [-0.05, 0) is 57.6 Å². The van der Waals surface area contributed by atoms with Gasteiger partial charge in [0.1, 0.15) is 11.2 Å². The van der Waals surface area contributed by atoms with E-state index in [1.165, 1.54) is 12.8 Å². The van der Waals surface area contributed by atoms with Crippen LogP contribution in [0.4, 0.5) is 0 Å². The van der Waals surface area contributed by atoms with Gasteiger partial charge in [0.15, 0.2) is 0 Å². The van der Waals surface area contributed by atoms with Gasteiger partial charge >= 0.3 is 0 Å². The van der Waals surface area contributed by atoms with Gasteiger partial charge in [0, 0.05) is 22.8 Å². The monoisotopic (exact) mass is 382 g/mol. The average Bonchev–Trinajstić information content (AvgIpc) is 2.68. The molecule has 2 aromatic heterocycles. The second-order valence-corrected chi connectivity index (χ2v) is 7.73. The Morgan fingerprint density at radius 3 is 2.85 bits per heavy atom. The van der Waals surface area contributed by atoms with Crippen molar-refractivity contribution < 1.29 is 0 Å². The first-order valence-electron chi connectivity index (χ1n) is 9.40. The zero-order valence-electron chi connectivity index (χ0n) is 15.6. The molecule has 1 fully saturated rings. The first kappa shape index (κ1) is 18.1. The van der Waals surface area contributed by atoms with E-state index in [2.05, 4.69) is 23.9 Å². The van der Waals surface area contributed by atoms with Gasteiger partial charge in [-0.1, -0.05) is 30.2 Å². The van der Waals surface area contributed by atoms with Gasteiger partial charge in [0.25, 0.3) is 5.56 Å². The second-order valence-electron chi connectivity index (χ2n) is 7.29. The van der Waals surface area contributed by atoms with Gasteiger partial charge < -0.3 is 4.90 Å². The van der Waals surface area contributed by atoms with Crippen LogP contribution in [0.1, 0.15) is 32.2 Å². The summed E-state index contributed by atoms with van der Waals surface area (Å²) in [6.07, 6.45) is 5.16. The van der Waals surface area contributed by atoms with E-state index >= 15 is 0 Å². The van der Waals surface area contributed by atoms with Crippen LogP contribution in [0, 0.1) is 0 Å². The third-order valence-corrected chi connectivity index (χ3v) is 5.78. The Morgan fingerprint density at radius 1 is 1.22 bits per heavy atom. The van der Waals surface area contributed by atoms with E-state index in [0.29, 0.717) is 27.7 Å². The van der Waals surface area contributed by atoms with E-state index in [1.54, 1.807) is 16.9 Å². The zero-order chi connectivity index (χ0) is 19.0. The van der Waals surface area contributed by atoms with Gasteiger partial charge in [-0.3, -0.25) is 9.78 Å². The van der Waals surface area contributed by atoms with Crippen molar-refractivity contribution in [2.24, 2.45) is 0 Å². The topological polar surface area (TPSA) is 51.0 Å². The molecular formula is C21H23ClN4O. The van der Waals surface area contributed by atoms with Crippen LogP contribution in [0.25, 0.3) is 22.2 Å². The minimum Gasteiger partial charge on any atom is -0.301 e. The summed E-state index contributed by atoms with van der Waals surface area (Å²) in [5, 5.41) is 6.00. The summed E-state index contributed by atoms with van der Waals surface area (Å²) in [7, 11) is 2.13. The molecule has 5 nitrogen and oxygen atoms in total. The maximum atomic E-state index is 13.2. The minimum atomic E-state index is -0.0876. The molecule has 1 aliphatic heterocycles. The number of nitrogens with zero attached hydrogens (tertiary/aromatic N) is 4. The summed E-state index contributed by atoms with van der Waals surface area (Å²) in [5.41, 5.74) is 2.09. The quantitative estimate of drug-likeness (QED) is 0.682. The van der Waals surface area contributed by atoms with Crippen molar-refractivity contribution in [3.8, 4) is 11.3 Å². The second kappa shape index (κ2) is 7.41. The van der Waals surface area contributed by atoms with E-state index in [1.807, 2.05) is 30.3 Å². The summed E-state index contributed by atoms with van der Waals surface area (Å²) in [6, 6.07) is 11.4. The smallest absolute Gasteiger partial charge is 0.276 e. The Labute approximate surface area is 163 Å². The van der Waals surface area contributed by atoms with E-state index in [9.17, 15) is 4.79 Å². The highest BCUT2D eigenvalue weighted by atomic mass is 35.5. The molecule has 0 bridgehead atoms. The highest BCUT2D eigenvalue weighted by Crippen LogP contribution is 2.28. The Bertz CT molecular complexity index is 1030. The third-order valence-electron chi connectivity index (χ3n) is 5.55. The van der Waals surface area contributed by atoms with Crippen molar-refractivity contribution in [2.75, 3.05) is 13.6 Å². The van der Waals surface area contributed by atoms with Crippen molar-refractivity contribution >= 4 is 22.5 Å². The fraction of sp³-hybridized carbons (Fsp3) is 0.381. The molecular weight excluding hydrogens is 360 g/mol. The molecule has 0 N–H and O–H groups in total. The summed E-state index contributed by atoms with van der Waals surface area (Å²) in [5.74, 6) is 0. The van der Waals surface area contributed by atoms with Crippen LogP contribution in [0.3, 0.4) is 0 Å². The van der Waals surface area contributed by atoms with Gasteiger partial charge in [-0.2, -0.15) is 5.10 Å². The van der Waals surface area contributed by atoms with E-state index in [4.69, 9.17) is 16.7 Å². The summed E-state index contributed by atoms with van der Waals surface area (Å²) < 4.78 is 1.65. The number of likely N-dealkylation sites (N-methyl/N-ethyl adjacent to an activating group) is 1. The average molecular weight is 383 g/mol. The summed E-state index contributed by atoms with van der Waals surface area (Å²) >= 11 is 6.20. The van der Waals surface area contributed by atoms with Gasteiger partial charge in [0.05, 0.1) is 11.4 Å². The largest absolute Gasteiger partial charge is 0.301 e. The molecule has 1 aliphatic rings. The first-order valence-corrected chi connectivity index (χ1v) is 9.78. The van der Waals surface area contributed by atoms with Crippen LogP contribution < -0.4 is 5.56 Å². The molecule has 1 aromatic carbocycles. The predicted octanol–water partition coefficient (Wildman–Crippen LogP) is 4.16. The van der Waals surface area contributed by atoms with Gasteiger partial charge in [0.2, 0.25) is 0 Å². The van der Waals surface area contributed by atoms with Crippen molar-refractivity contribution in [1.82, 2.24) is 19.7 Å². The number of fused-ring (bicyclic) bond motifs is 1. The van der Waals surface area contributed by atoms with Crippen molar-refractivity contribution in [3.05, 3.63) is 58.0 Å². The lowest BCUT2D eigenvalue weighted by Crippen LogP contribution is -2.44. The number of aromatic nitrogens is 3. The molecule has 3 aromatic rings. The van der Waals surface area contributed by atoms with Gasteiger partial charge in [-0.15, -0.1) is 0 Å². The number of pyridine rings is 1. The lowest BCUT2D eigenvalue weighted by atomic mass is 9.97. The van der Waals surface area contributed by atoms with Crippen LogP contribution in [-0.4, -0.2) is 39.3 Å². The maximum Gasteiger partial charge on any atom is 0.276 e. The third kappa shape index (κ3) is 3.37. The van der Waals surface area contributed by atoms with E-state index < -0.39 is 0 Å². The van der Waals surface area contributed by atoms with Crippen LogP contribution in [0.5, 0.6) is 0 Å². The highest BCUT2D eigenvalue weighted by Gasteiger charge is 2.28. The van der Waals surface area contributed by atoms with Gasteiger partial charge in [-0.25, -0.2) is 4.68 Å². The van der Waals surface area contributed by atoms with Crippen LogP contribution in [0.2, 0.25) is 5.02 Å². The molecule has 27 heavy (non-hydrogen) atoms. The summed E-state index contributed by atoms with van der Waals surface area (Å²) in [6.45, 7) is 3.14. The molecule has 140 valence electrons. The fourth-order valence-electron chi connectivity index (χ4n) is 4.07. The van der Waals surface area contributed by atoms with Crippen LogP contribution in [0.15, 0.2) is 47.4 Å². The Balaban J connectivity index is 1.91. The number of hydrogen-bond acceptors (Lipinski definition) is 4. The number of likely N-dealkylation sites (tertiary alicyclic amines) is 1. The molecule has 2 atom stereocenters. The fourth-order valence-corrected chi connectivity index (χ4v) is 4.26.